The van der Waals surface area contributed by atoms with E-state index in [1.807, 2.05) is 0 Å². The number of rotatable bonds is 4. The van der Waals surface area contributed by atoms with Gasteiger partial charge in [0.2, 0.25) is 0 Å². The van der Waals surface area contributed by atoms with Gasteiger partial charge in [-0.05, 0) is 48.5 Å². The Bertz CT molecular complexity index is 1430. The molecule has 4 aromatic rings. The second-order valence-corrected chi connectivity index (χ2v) is 9.55. The van der Waals surface area contributed by atoms with Gasteiger partial charge in [-0.25, -0.2) is 13.2 Å². The molecule has 0 fully saturated rings. The molecule has 11 heteroatoms. The third-order valence-electron chi connectivity index (χ3n) is 4.05. The third kappa shape index (κ3) is 3.72. The zero-order valence-corrected chi connectivity index (χ0v) is 17.9. The molecule has 2 aromatic carbocycles. The highest BCUT2D eigenvalue weighted by atomic mass is 35.5. The van der Waals surface area contributed by atoms with E-state index in [0.29, 0.717) is 9.01 Å². The number of sulfonamides is 1. The maximum Gasteiger partial charge on any atom is 0.396 e. The topological polar surface area (TPSA) is 97.6 Å². The van der Waals surface area contributed by atoms with E-state index >= 15 is 0 Å². The fourth-order valence-corrected chi connectivity index (χ4v) is 5.58. The van der Waals surface area contributed by atoms with Gasteiger partial charge >= 0.3 is 4.94 Å². The summed E-state index contributed by atoms with van der Waals surface area (Å²) < 4.78 is 33.0. The quantitative estimate of drug-likeness (QED) is 0.423. The summed E-state index contributed by atoms with van der Waals surface area (Å²) in [4.78, 5) is 27.8. The maximum atomic E-state index is 13.5. The van der Waals surface area contributed by atoms with Crippen LogP contribution in [-0.2, 0) is 10.0 Å². The molecule has 2 heterocycles. The van der Waals surface area contributed by atoms with Gasteiger partial charge in [-0.1, -0.05) is 34.5 Å². The molecule has 0 aliphatic rings. The maximum absolute atomic E-state index is 13.5. The lowest BCUT2D eigenvalue weighted by molar-refractivity contribution is 0.100. The standard InChI is InChI=1S/C19H10Cl2N2O5S2/c20-12-3-5-14(21)17(8-12)30(26,27)23(18(24)11-2-1-7-22-10-11)13-4-6-15-16(9-13)29-19(25)28-15/h1-10H. The molecule has 0 radical (unpaired) electrons. The van der Waals surface area contributed by atoms with Crippen molar-refractivity contribution in [3.05, 3.63) is 86.3 Å². The van der Waals surface area contributed by atoms with Gasteiger partial charge in [0.05, 0.1) is 21.0 Å². The number of nitrogens with zero attached hydrogens (tertiary/aromatic N) is 2. The van der Waals surface area contributed by atoms with Crippen LogP contribution in [0.4, 0.5) is 5.69 Å². The van der Waals surface area contributed by atoms with Crippen molar-refractivity contribution in [3.8, 4) is 0 Å². The first-order chi connectivity index (χ1) is 14.3. The van der Waals surface area contributed by atoms with Gasteiger partial charge in [0, 0.05) is 17.4 Å². The van der Waals surface area contributed by atoms with Gasteiger partial charge in [-0.2, -0.15) is 4.31 Å². The molecule has 0 bridgehead atoms. The van der Waals surface area contributed by atoms with E-state index in [-0.39, 0.29) is 31.8 Å². The van der Waals surface area contributed by atoms with Crippen LogP contribution in [0.5, 0.6) is 0 Å². The molecule has 2 aromatic heterocycles. The van der Waals surface area contributed by atoms with E-state index in [2.05, 4.69) is 4.98 Å². The summed E-state index contributed by atoms with van der Waals surface area (Å²) in [5.41, 5.74) is 0.324. The number of hydrogen-bond donors (Lipinski definition) is 0. The average Bonchev–Trinajstić information content (AvgIpc) is 3.09. The van der Waals surface area contributed by atoms with Gasteiger partial charge in [0.25, 0.3) is 15.9 Å². The van der Waals surface area contributed by atoms with Crippen LogP contribution in [0.2, 0.25) is 10.0 Å². The zero-order chi connectivity index (χ0) is 21.5. The van der Waals surface area contributed by atoms with Crippen molar-refractivity contribution < 1.29 is 17.6 Å². The van der Waals surface area contributed by atoms with E-state index in [1.54, 1.807) is 0 Å². The lowest BCUT2D eigenvalue weighted by Crippen LogP contribution is -2.37. The summed E-state index contributed by atoms with van der Waals surface area (Å²) in [6.45, 7) is 0. The summed E-state index contributed by atoms with van der Waals surface area (Å²) >= 11 is 12.9. The van der Waals surface area contributed by atoms with Crippen molar-refractivity contribution in [2.45, 2.75) is 4.90 Å². The number of carbonyl (C=O) groups excluding carboxylic acids is 1. The Morgan fingerprint density at radius 1 is 1.10 bits per heavy atom. The smallest absolute Gasteiger partial charge is 0.396 e. The molecule has 0 saturated heterocycles. The van der Waals surface area contributed by atoms with E-state index in [4.69, 9.17) is 27.6 Å². The summed E-state index contributed by atoms with van der Waals surface area (Å²) in [6.07, 6.45) is 2.71. The van der Waals surface area contributed by atoms with Crippen LogP contribution in [0, 0.1) is 0 Å². The first-order valence-corrected chi connectivity index (χ1v) is 11.3. The number of aromatic nitrogens is 1. The number of carbonyl (C=O) groups is 1. The molecule has 1 amide bonds. The number of anilines is 1. The molecule has 0 unspecified atom stereocenters. The molecular weight excluding hydrogens is 471 g/mol. The Labute approximate surface area is 184 Å². The molecule has 0 aliphatic carbocycles. The molecule has 0 saturated carbocycles. The summed E-state index contributed by atoms with van der Waals surface area (Å²) in [5.74, 6) is -0.852. The minimum absolute atomic E-state index is 0.00412. The molecule has 4 rings (SSSR count). The van der Waals surface area contributed by atoms with E-state index in [0.717, 1.165) is 17.4 Å². The van der Waals surface area contributed by atoms with Crippen molar-refractivity contribution in [2.75, 3.05) is 4.31 Å². The highest BCUT2D eigenvalue weighted by Crippen LogP contribution is 2.33. The lowest BCUT2D eigenvalue weighted by Gasteiger charge is -2.23. The van der Waals surface area contributed by atoms with Gasteiger partial charge < -0.3 is 4.42 Å². The fourth-order valence-electron chi connectivity index (χ4n) is 2.73. The van der Waals surface area contributed by atoms with Crippen molar-refractivity contribution in [2.24, 2.45) is 0 Å². The van der Waals surface area contributed by atoms with Crippen molar-refractivity contribution in [1.82, 2.24) is 4.98 Å². The summed E-state index contributed by atoms with van der Waals surface area (Å²) in [7, 11) is -4.48. The summed E-state index contributed by atoms with van der Waals surface area (Å²) in [6, 6.07) is 11.0. The van der Waals surface area contributed by atoms with Crippen LogP contribution in [0.1, 0.15) is 10.4 Å². The van der Waals surface area contributed by atoms with E-state index in [9.17, 15) is 18.0 Å². The molecule has 7 nitrogen and oxygen atoms in total. The Balaban J connectivity index is 1.96. The molecule has 0 aliphatic heterocycles. The Morgan fingerprint density at radius 2 is 1.90 bits per heavy atom. The molecule has 152 valence electrons. The number of amides is 1. The number of pyridine rings is 1. The van der Waals surface area contributed by atoms with Crippen LogP contribution in [0.15, 0.2) is 75.0 Å². The number of halogens is 2. The van der Waals surface area contributed by atoms with Gasteiger partial charge in [0.15, 0.2) is 0 Å². The monoisotopic (exact) mass is 480 g/mol. The zero-order valence-electron chi connectivity index (χ0n) is 14.8. The van der Waals surface area contributed by atoms with Gasteiger partial charge in [-0.3, -0.25) is 9.78 Å². The van der Waals surface area contributed by atoms with E-state index in [1.165, 1.54) is 54.9 Å². The third-order valence-corrected chi connectivity index (χ3v) is 7.27. The predicted octanol–water partition coefficient (Wildman–Crippen LogP) is 4.59. The summed E-state index contributed by atoms with van der Waals surface area (Å²) in [5, 5.41) is 0.0349. The highest BCUT2D eigenvalue weighted by molar-refractivity contribution is 7.93. The minimum atomic E-state index is -4.48. The molecular formula is C19H10Cl2N2O5S2. The molecule has 30 heavy (non-hydrogen) atoms. The highest BCUT2D eigenvalue weighted by Gasteiger charge is 2.34. The Kier molecular flexibility index (Phi) is 5.37. The first kappa shape index (κ1) is 20.5. The SMILES string of the molecule is O=C(c1cccnc1)N(c1ccc2oc(=O)sc2c1)S(=O)(=O)c1cc(Cl)ccc1Cl. The Hall–Kier alpha value is -2.72. The second-order valence-electron chi connectivity index (χ2n) is 5.98. The van der Waals surface area contributed by atoms with E-state index < -0.39 is 20.9 Å². The van der Waals surface area contributed by atoms with Crippen LogP contribution in [0.3, 0.4) is 0 Å². The Morgan fingerprint density at radius 3 is 2.63 bits per heavy atom. The van der Waals surface area contributed by atoms with Crippen LogP contribution < -0.4 is 9.24 Å². The minimum Gasteiger partial charge on any atom is -0.414 e. The first-order valence-electron chi connectivity index (χ1n) is 8.26. The van der Waals surface area contributed by atoms with Crippen molar-refractivity contribution in [3.63, 3.8) is 0 Å². The van der Waals surface area contributed by atoms with Crippen LogP contribution in [0.25, 0.3) is 10.3 Å². The van der Waals surface area contributed by atoms with Crippen molar-refractivity contribution in [1.29, 1.82) is 0 Å². The van der Waals surface area contributed by atoms with Gasteiger partial charge in [-0.15, -0.1) is 0 Å². The van der Waals surface area contributed by atoms with Crippen molar-refractivity contribution >= 4 is 66.4 Å². The normalized spacial score (nSPS) is 11.5. The molecule has 0 atom stereocenters. The number of benzene rings is 2. The predicted molar refractivity (Wildman–Crippen MR) is 115 cm³/mol. The van der Waals surface area contributed by atoms with Gasteiger partial charge in [0.1, 0.15) is 10.5 Å². The fraction of sp³-hybridized carbons (Fsp3) is 0. The molecule has 0 N–H and O–H groups in total. The largest absolute Gasteiger partial charge is 0.414 e. The van der Waals surface area contributed by atoms with Crippen LogP contribution >= 0.6 is 34.5 Å². The second kappa shape index (κ2) is 7.84. The lowest BCUT2D eigenvalue weighted by atomic mass is 10.2. The number of fused-ring (bicyclic) bond motifs is 1. The average molecular weight is 481 g/mol. The molecule has 0 spiro atoms. The number of hydrogen-bond acceptors (Lipinski definition) is 7. The van der Waals surface area contributed by atoms with Crippen LogP contribution in [-0.4, -0.2) is 19.3 Å².